The molecule has 3 heterocycles. The minimum atomic E-state index is -0.629. The molecule has 2 aromatic carbocycles. The molecule has 1 aliphatic rings. The number of nitrogens with zero attached hydrogens (tertiary/aromatic N) is 5. The first-order valence-electron chi connectivity index (χ1n) is 11.7. The van der Waals surface area contributed by atoms with Crippen LogP contribution < -0.4 is 10.2 Å². The van der Waals surface area contributed by atoms with Crippen LogP contribution in [0.2, 0.25) is 0 Å². The van der Waals surface area contributed by atoms with Gasteiger partial charge in [0, 0.05) is 49.3 Å². The van der Waals surface area contributed by atoms with Gasteiger partial charge in [-0.25, -0.2) is 11.0 Å². The molecular weight excluding hydrogens is 459 g/mol. The molecule has 9 heteroatoms. The molecule has 182 valence electrons. The van der Waals surface area contributed by atoms with Crippen molar-refractivity contribution >= 4 is 28.2 Å². The second kappa shape index (κ2) is 9.76. The van der Waals surface area contributed by atoms with Gasteiger partial charge in [-0.2, -0.15) is 5.10 Å². The number of aliphatic hydroxyl groups excluding tert-OH is 1. The fraction of sp³-hybridized carbons (Fsp3) is 0.259. The van der Waals surface area contributed by atoms with E-state index in [1.807, 2.05) is 30.3 Å². The number of fused-ring (bicyclic) bond motifs is 1. The molecule has 0 unspecified atom stereocenters. The van der Waals surface area contributed by atoms with Crippen LogP contribution in [0, 0.1) is 12.4 Å². The van der Waals surface area contributed by atoms with Crippen molar-refractivity contribution in [1.29, 1.82) is 0 Å². The molecule has 1 amide bonds. The Labute approximate surface area is 207 Å². The fourth-order valence-electron chi connectivity index (χ4n) is 4.82. The zero-order valence-electron chi connectivity index (χ0n) is 19.6. The Bertz CT molecular complexity index is 1440. The molecule has 5 rings (SSSR count). The summed E-state index contributed by atoms with van der Waals surface area (Å²) in [6, 6.07) is 14.2. The van der Waals surface area contributed by atoms with Crippen LogP contribution in [0.15, 0.2) is 67.1 Å². The summed E-state index contributed by atoms with van der Waals surface area (Å²) in [5.74, 6) is -0.803. The predicted octanol–water partition coefficient (Wildman–Crippen LogP) is 4.23. The second-order valence-electron chi connectivity index (χ2n) is 8.85. The van der Waals surface area contributed by atoms with Crippen molar-refractivity contribution in [3.05, 3.63) is 95.5 Å². The Balaban J connectivity index is 1.49. The van der Waals surface area contributed by atoms with E-state index in [4.69, 9.17) is 11.7 Å². The quantitative estimate of drug-likeness (QED) is 0.400. The molecule has 8 nitrogen and oxygen atoms in total. The number of benzene rings is 2. The van der Waals surface area contributed by atoms with Crippen molar-refractivity contribution < 1.29 is 14.3 Å². The largest absolute Gasteiger partial charge is 0.394 e. The molecule has 1 aliphatic heterocycles. The number of halogens is 1. The second-order valence-corrected chi connectivity index (χ2v) is 8.85. The van der Waals surface area contributed by atoms with E-state index >= 15 is 0 Å². The van der Waals surface area contributed by atoms with Gasteiger partial charge in [-0.3, -0.25) is 14.5 Å². The van der Waals surface area contributed by atoms with E-state index in [1.165, 1.54) is 29.2 Å². The third-order valence-electron chi connectivity index (χ3n) is 6.70. The molecule has 0 bridgehead atoms. The summed E-state index contributed by atoms with van der Waals surface area (Å²) < 4.78 is 15.9. The van der Waals surface area contributed by atoms with Gasteiger partial charge in [-0.1, -0.05) is 30.3 Å². The first kappa shape index (κ1) is 23.5. The monoisotopic (exact) mass is 484 g/mol. The summed E-state index contributed by atoms with van der Waals surface area (Å²) >= 11 is 0. The highest BCUT2D eigenvalue weighted by molar-refractivity contribution is 6.12. The summed E-state index contributed by atoms with van der Waals surface area (Å²) in [7, 11) is 0. The Morgan fingerprint density at radius 1 is 1.17 bits per heavy atom. The number of aromatic nitrogens is 3. The maximum Gasteiger partial charge on any atom is 0.260 e. The van der Waals surface area contributed by atoms with Gasteiger partial charge in [0.2, 0.25) is 0 Å². The van der Waals surface area contributed by atoms with Gasteiger partial charge < -0.3 is 20.2 Å². The zero-order chi connectivity index (χ0) is 25.1. The number of carbonyl (C=O) groups is 1. The molecule has 0 saturated carbocycles. The summed E-state index contributed by atoms with van der Waals surface area (Å²) in [5, 5.41) is 16.6. The van der Waals surface area contributed by atoms with Crippen LogP contribution in [0.25, 0.3) is 15.7 Å². The molecule has 0 aliphatic carbocycles. The number of nitrogens with one attached hydrogen (secondary N) is 1. The van der Waals surface area contributed by atoms with Crippen molar-refractivity contribution in [2.24, 2.45) is 0 Å². The van der Waals surface area contributed by atoms with E-state index in [1.54, 1.807) is 12.3 Å². The van der Waals surface area contributed by atoms with Crippen molar-refractivity contribution in [1.82, 2.24) is 14.8 Å². The Morgan fingerprint density at radius 3 is 2.67 bits per heavy atom. The van der Waals surface area contributed by atoms with E-state index in [9.17, 15) is 9.18 Å². The summed E-state index contributed by atoms with van der Waals surface area (Å²) in [4.78, 5) is 23.9. The molecule has 0 atom stereocenters. The third kappa shape index (κ3) is 4.39. The third-order valence-corrected chi connectivity index (χ3v) is 6.70. The Kier molecular flexibility index (Phi) is 6.36. The summed E-state index contributed by atoms with van der Waals surface area (Å²) in [6.45, 7) is 9.25. The van der Waals surface area contributed by atoms with Crippen LogP contribution >= 0.6 is 0 Å². The van der Waals surface area contributed by atoms with Gasteiger partial charge in [0.15, 0.2) is 0 Å². The highest BCUT2D eigenvalue weighted by Gasteiger charge is 2.43. The number of hydrogen-bond acceptors (Lipinski definition) is 5. The van der Waals surface area contributed by atoms with Gasteiger partial charge in [-0.15, -0.1) is 0 Å². The van der Waals surface area contributed by atoms with Crippen molar-refractivity contribution in [3.8, 4) is 0 Å². The van der Waals surface area contributed by atoms with Gasteiger partial charge in [-0.05, 0) is 18.2 Å². The molecule has 1 fully saturated rings. The first-order valence-corrected chi connectivity index (χ1v) is 11.7. The van der Waals surface area contributed by atoms with Crippen LogP contribution in [-0.2, 0) is 12.1 Å². The lowest BCUT2D eigenvalue weighted by atomic mass is 9.81. The fourth-order valence-corrected chi connectivity index (χ4v) is 4.82. The average molecular weight is 485 g/mol. The highest BCUT2D eigenvalue weighted by Crippen LogP contribution is 2.40. The Hall–Kier alpha value is -4.29. The number of aliphatic hydroxyl groups is 1. The molecule has 0 radical (unpaired) electrons. The van der Waals surface area contributed by atoms with Crippen LogP contribution in [0.4, 0.5) is 15.8 Å². The Morgan fingerprint density at radius 2 is 1.94 bits per heavy atom. The summed E-state index contributed by atoms with van der Waals surface area (Å²) in [5.41, 5.74) is 2.35. The maximum absolute atomic E-state index is 14.3. The molecule has 36 heavy (non-hydrogen) atoms. The van der Waals surface area contributed by atoms with E-state index in [0.29, 0.717) is 60.3 Å². The number of carbonyl (C=O) groups excluding carboxylic acids is 1. The van der Waals surface area contributed by atoms with Gasteiger partial charge in [0.1, 0.15) is 5.82 Å². The van der Waals surface area contributed by atoms with Crippen molar-refractivity contribution in [2.45, 2.75) is 24.9 Å². The minimum Gasteiger partial charge on any atom is -0.394 e. The number of anilines is 2. The highest BCUT2D eigenvalue weighted by atomic mass is 19.1. The molecule has 0 spiro atoms. The first-order chi connectivity index (χ1) is 17.5. The van der Waals surface area contributed by atoms with Gasteiger partial charge in [0.05, 0.1) is 41.8 Å². The van der Waals surface area contributed by atoms with E-state index in [-0.39, 0.29) is 6.61 Å². The SMILES string of the molecule is [C-]#[N+]C1(c2ccccc2)CCN(c2c(C(=O)Nc3cnn(CCO)c3)cnc3ccc(F)cc23)CC1. The van der Waals surface area contributed by atoms with Crippen LogP contribution in [0.3, 0.4) is 0 Å². The van der Waals surface area contributed by atoms with Crippen LogP contribution in [0.1, 0.15) is 28.8 Å². The van der Waals surface area contributed by atoms with Crippen LogP contribution in [-0.4, -0.2) is 45.5 Å². The molecular formula is C27H25FN6O2. The molecule has 2 aromatic heterocycles. The van der Waals surface area contributed by atoms with E-state index in [2.05, 4.69) is 25.1 Å². The number of hydrogen-bond donors (Lipinski definition) is 2. The molecule has 2 N–H and O–H groups in total. The topological polar surface area (TPSA) is 87.6 Å². The lowest BCUT2D eigenvalue weighted by molar-refractivity contribution is 0.102. The number of amides is 1. The van der Waals surface area contributed by atoms with Crippen LogP contribution in [0.5, 0.6) is 0 Å². The number of pyridine rings is 1. The van der Waals surface area contributed by atoms with Gasteiger partial charge >= 0.3 is 0 Å². The predicted molar refractivity (Wildman–Crippen MR) is 135 cm³/mol. The average Bonchev–Trinajstić information content (AvgIpc) is 3.35. The number of rotatable bonds is 6. The van der Waals surface area contributed by atoms with Crippen molar-refractivity contribution in [3.63, 3.8) is 0 Å². The van der Waals surface area contributed by atoms with Crippen molar-refractivity contribution in [2.75, 3.05) is 29.9 Å². The van der Waals surface area contributed by atoms with E-state index < -0.39 is 17.3 Å². The normalized spacial score (nSPS) is 15.0. The molecule has 4 aromatic rings. The number of piperidine rings is 1. The minimum absolute atomic E-state index is 0.0661. The van der Waals surface area contributed by atoms with E-state index in [0.717, 1.165) is 5.56 Å². The molecule has 1 saturated heterocycles. The lowest BCUT2D eigenvalue weighted by Gasteiger charge is -2.36. The van der Waals surface area contributed by atoms with Gasteiger partial charge in [0.25, 0.3) is 11.4 Å². The maximum atomic E-state index is 14.3. The zero-order valence-corrected chi connectivity index (χ0v) is 19.6. The smallest absolute Gasteiger partial charge is 0.260 e. The summed E-state index contributed by atoms with van der Waals surface area (Å²) in [6.07, 6.45) is 5.80. The standard InChI is InChI=1S/C27H25FN6O2/c1-29-27(19-5-3-2-4-6-19)9-11-33(12-10-27)25-22-15-20(28)7-8-24(22)30-17-23(25)26(36)32-21-16-31-34(18-21)13-14-35/h2-8,15-18,35H,9-14H2,(H,32,36). The lowest BCUT2D eigenvalue weighted by Crippen LogP contribution is -2.41.